The summed E-state index contributed by atoms with van der Waals surface area (Å²) in [5.74, 6) is -1.80. The molecule has 1 aliphatic rings. The van der Waals surface area contributed by atoms with E-state index in [1.54, 1.807) is 23.0 Å². The number of nitrogens with zero attached hydrogens (tertiary/aromatic N) is 7. The van der Waals surface area contributed by atoms with Crippen LogP contribution >= 0.6 is 11.6 Å². The van der Waals surface area contributed by atoms with Crippen LogP contribution in [0.25, 0.3) is 22.6 Å². The van der Waals surface area contributed by atoms with Crippen LogP contribution in [0.2, 0.25) is 5.02 Å². The lowest BCUT2D eigenvalue weighted by atomic mass is 10.1. The Labute approximate surface area is 232 Å². The average molecular weight is 570 g/mol. The summed E-state index contributed by atoms with van der Waals surface area (Å²) in [4.78, 5) is 48.5. The standard InChI is InChI=1S/C25H24ClN7O7/c1-13(34)37-10-19-22(38-14(2)35)23(39-15(3)36)25(40-19)33-12-29-21-20(27-11-28-24(21)33)18-9-32(31-30-18)8-16-4-6-17(26)7-5-16/h4-7,9,11-12,19,22-23,25H,8,10H2,1-3H3/t19-,22-,23-,25-/m1/s1. The van der Waals surface area contributed by atoms with E-state index in [0.717, 1.165) is 5.56 Å². The quantitative estimate of drug-likeness (QED) is 0.225. The number of rotatable bonds is 8. The normalized spacial score (nSPS) is 20.4. The number of ether oxygens (including phenoxy) is 4. The number of hydrogen-bond acceptors (Lipinski definition) is 12. The lowest BCUT2D eigenvalue weighted by Crippen LogP contribution is -2.40. The molecule has 0 spiro atoms. The van der Waals surface area contributed by atoms with Gasteiger partial charge in [-0.1, -0.05) is 28.9 Å². The smallest absolute Gasteiger partial charge is 0.303 e. The van der Waals surface area contributed by atoms with E-state index in [1.165, 1.54) is 38.0 Å². The first kappa shape index (κ1) is 27.1. The van der Waals surface area contributed by atoms with Gasteiger partial charge >= 0.3 is 17.9 Å². The molecule has 15 heteroatoms. The zero-order valence-electron chi connectivity index (χ0n) is 21.6. The van der Waals surface area contributed by atoms with Crippen LogP contribution in [0.15, 0.2) is 43.1 Å². The molecule has 4 aromatic rings. The van der Waals surface area contributed by atoms with Gasteiger partial charge < -0.3 is 18.9 Å². The van der Waals surface area contributed by atoms with Crippen molar-refractivity contribution in [3.8, 4) is 11.4 Å². The highest BCUT2D eigenvalue weighted by Gasteiger charge is 2.51. The van der Waals surface area contributed by atoms with Crippen molar-refractivity contribution in [2.45, 2.75) is 51.9 Å². The molecule has 0 radical (unpaired) electrons. The predicted octanol–water partition coefficient (Wildman–Crippen LogP) is 2.11. The van der Waals surface area contributed by atoms with Crippen molar-refractivity contribution >= 4 is 40.7 Å². The molecule has 3 aromatic heterocycles. The van der Waals surface area contributed by atoms with Gasteiger partial charge in [0, 0.05) is 25.8 Å². The molecule has 0 N–H and O–H groups in total. The molecule has 1 aliphatic heterocycles. The van der Waals surface area contributed by atoms with E-state index < -0.39 is 42.4 Å². The van der Waals surface area contributed by atoms with Gasteiger partial charge in [-0.05, 0) is 17.7 Å². The molecule has 40 heavy (non-hydrogen) atoms. The van der Waals surface area contributed by atoms with Gasteiger partial charge in [0.1, 0.15) is 35.9 Å². The maximum absolute atomic E-state index is 12.0. The lowest BCUT2D eigenvalue weighted by molar-refractivity contribution is -0.166. The molecule has 0 amide bonds. The van der Waals surface area contributed by atoms with Crippen LogP contribution in [0.3, 0.4) is 0 Å². The van der Waals surface area contributed by atoms with Crippen LogP contribution in [0.1, 0.15) is 32.6 Å². The second-order valence-corrected chi connectivity index (χ2v) is 9.43. The fourth-order valence-electron chi connectivity index (χ4n) is 4.40. The van der Waals surface area contributed by atoms with Gasteiger partial charge in [0.15, 0.2) is 24.1 Å². The number of carbonyl (C=O) groups is 3. The molecule has 0 unspecified atom stereocenters. The first-order valence-corrected chi connectivity index (χ1v) is 12.5. The molecule has 1 aromatic carbocycles. The highest BCUT2D eigenvalue weighted by Crippen LogP contribution is 2.36. The number of halogens is 1. The van der Waals surface area contributed by atoms with Crippen molar-refractivity contribution in [1.82, 2.24) is 34.5 Å². The maximum atomic E-state index is 12.0. The topological polar surface area (TPSA) is 162 Å². The summed E-state index contributed by atoms with van der Waals surface area (Å²) >= 11 is 5.97. The number of hydrogen-bond donors (Lipinski definition) is 0. The second-order valence-electron chi connectivity index (χ2n) is 8.99. The largest absolute Gasteiger partial charge is 0.463 e. The van der Waals surface area contributed by atoms with E-state index in [0.29, 0.717) is 34.1 Å². The van der Waals surface area contributed by atoms with Gasteiger partial charge in [-0.2, -0.15) is 0 Å². The Morgan fingerprint density at radius 3 is 2.40 bits per heavy atom. The van der Waals surface area contributed by atoms with Crippen molar-refractivity contribution in [3.05, 3.63) is 53.7 Å². The number of aromatic nitrogens is 7. The zero-order chi connectivity index (χ0) is 28.4. The maximum Gasteiger partial charge on any atom is 0.303 e. The van der Waals surface area contributed by atoms with Crippen molar-refractivity contribution in [1.29, 1.82) is 0 Å². The molecule has 5 rings (SSSR count). The molecule has 0 bridgehead atoms. The monoisotopic (exact) mass is 569 g/mol. The van der Waals surface area contributed by atoms with Crippen LogP contribution in [-0.2, 0) is 39.9 Å². The van der Waals surface area contributed by atoms with E-state index in [-0.39, 0.29) is 6.61 Å². The Bertz CT molecular complexity index is 1550. The van der Waals surface area contributed by atoms with Gasteiger partial charge in [-0.3, -0.25) is 19.0 Å². The van der Waals surface area contributed by atoms with Gasteiger partial charge in [0.2, 0.25) is 0 Å². The SMILES string of the molecule is CC(=O)OC[C@H]1O[C@@H](n2cnc3c(-c4cn(Cc5ccc(Cl)cc5)nn4)ncnc32)[C@H](OC(C)=O)[C@@H]1OC(C)=O. The fraction of sp³-hybridized carbons (Fsp3) is 0.360. The Morgan fingerprint density at radius 1 is 0.975 bits per heavy atom. The zero-order valence-corrected chi connectivity index (χ0v) is 22.4. The number of imidazole rings is 1. The Kier molecular flexibility index (Phi) is 7.71. The molecule has 4 heterocycles. The first-order valence-electron chi connectivity index (χ1n) is 12.2. The number of benzene rings is 1. The van der Waals surface area contributed by atoms with Crippen molar-refractivity contribution in [3.63, 3.8) is 0 Å². The van der Waals surface area contributed by atoms with Crippen molar-refractivity contribution in [2.75, 3.05) is 6.61 Å². The van der Waals surface area contributed by atoms with E-state index in [4.69, 9.17) is 30.5 Å². The summed E-state index contributed by atoms with van der Waals surface area (Å²) < 4.78 is 25.4. The number of fused-ring (bicyclic) bond motifs is 1. The highest BCUT2D eigenvalue weighted by atomic mass is 35.5. The van der Waals surface area contributed by atoms with E-state index in [9.17, 15) is 14.4 Å². The molecule has 0 aliphatic carbocycles. The summed E-state index contributed by atoms with van der Waals surface area (Å²) in [5, 5.41) is 9.08. The third-order valence-electron chi connectivity index (χ3n) is 6.01. The number of carbonyl (C=O) groups excluding carboxylic acids is 3. The summed E-state index contributed by atoms with van der Waals surface area (Å²) in [6, 6.07) is 7.39. The fourth-order valence-corrected chi connectivity index (χ4v) is 4.53. The molecule has 1 fully saturated rings. The van der Waals surface area contributed by atoms with E-state index in [2.05, 4.69) is 25.3 Å². The first-order chi connectivity index (χ1) is 19.2. The molecule has 208 valence electrons. The Morgan fingerprint density at radius 2 is 1.70 bits per heavy atom. The molecular weight excluding hydrogens is 546 g/mol. The number of esters is 3. The predicted molar refractivity (Wildman–Crippen MR) is 137 cm³/mol. The summed E-state index contributed by atoms with van der Waals surface area (Å²) in [5.41, 5.74) is 2.59. The minimum atomic E-state index is -1.09. The Balaban J connectivity index is 1.47. The summed E-state index contributed by atoms with van der Waals surface area (Å²) in [6.07, 6.45) is 0.436. The van der Waals surface area contributed by atoms with Gasteiger partial charge in [-0.15, -0.1) is 5.10 Å². The average Bonchev–Trinajstić information content (AvgIpc) is 3.62. The molecule has 4 atom stereocenters. The van der Waals surface area contributed by atoms with Gasteiger partial charge in [-0.25, -0.2) is 19.6 Å². The lowest BCUT2D eigenvalue weighted by Gasteiger charge is -2.23. The minimum absolute atomic E-state index is 0.231. The van der Waals surface area contributed by atoms with E-state index in [1.807, 2.05) is 12.1 Å². The Hall–Kier alpha value is -4.43. The van der Waals surface area contributed by atoms with Crippen molar-refractivity contribution in [2.24, 2.45) is 0 Å². The molecule has 14 nitrogen and oxygen atoms in total. The third kappa shape index (κ3) is 5.77. The molecule has 1 saturated heterocycles. The highest BCUT2D eigenvalue weighted by molar-refractivity contribution is 6.30. The second kappa shape index (κ2) is 11.4. The van der Waals surface area contributed by atoms with Crippen LogP contribution in [-0.4, -0.2) is 77.3 Å². The van der Waals surface area contributed by atoms with Crippen LogP contribution < -0.4 is 0 Å². The summed E-state index contributed by atoms with van der Waals surface area (Å²) in [6.45, 7) is 3.91. The summed E-state index contributed by atoms with van der Waals surface area (Å²) in [7, 11) is 0. The molecular formula is C25H24ClN7O7. The third-order valence-corrected chi connectivity index (χ3v) is 6.26. The van der Waals surface area contributed by atoms with E-state index >= 15 is 0 Å². The molecule has 0 saturated carbocycles. The van der Waals surface area contributed by atoms with Gasteiger partial charge in [0.25, 0.3) is 0 Å². The van der Waals surface area contributed by atoms with Crippen LogP contribution in [0.4, 0.5) is 0 Å². The van der Waals surface area contributed by atoms with Crippen LogP contribution in [0, 0.1) is 0 Å². The van der Waals surface area contributed by atoms with Gasteiger partial charge in [0.05, 0.1) is 19.1 Å². The minimum Gasteiger partial charge on any atom is -0.463 e. The van der Waals surface area contributed by atoms with Crippen molar-refractivity contribution < 1.29 is 33.3 Å². The van der Waals surface area contributed by atoms with Crippen LogP contribution in [0.5, 0.6) is 0 Å².